The van der Waals surface area contributed by atoms with Gasteiger partial charge in [-0.15, -0.1) is 0 Å². The Kier molecular flexibility index (Phi) is 5.03. The number of nitrogens with one attached hydrogen (secondary N) is 2. The summed E-state index contributed by atoms with van der Waals surface area (Å²) in [6.07, 6.45) is 11.8. The van der Waals surface area contributed by atoms with Crippen LogP contribution in [0.25, 0.3) is 0 Å². The van der Waals surface area contributed by atoms with Crippen LogP contribution in [0.15, 0.2) is 29.2 Å². The molecule has 2 aliphatic rings. The monoisotopic (exact) mass is 317 g/mol. The van der Waals surface area contributed by atoms with E-state index in [4.69, 9.17) is 0 Å². The van der Waals surface area contributed by atoms with Gasteiger partial charge in [-0.25, -0.2) is 4.79 Å². The number of nitrogens with zero attached hydrogens (tertiary/aromatic N) is 1. The van der Waals surface area contributed by atoms with E-state index >= 15 is 0 Å². The van der Waals surface area contributed by atoms with Gasteiger partial charge >= 0.3 is 6.03 Å². The third-order valence-corrected chi connectivity index (χ3v) is 5.60. The van der Waals surface area contributed by atoms with Crippen molar-refractivity contribution >= 4 is 6.03 Å². The molecule has 0 unspecified atom stereocenters. The van der Waals surface area contributed by atoms with Crippen LogP contribution in [0.5, 0.6) is 0 Å². The lowest BCUT2D eigenvalue weighted by Crippen LogP contribution is -2.49. The average Bonchev–Trinajstić information content (AvgIpc) is 2.92. The van der Waals surface area contributed by atoms with Gasteiger partial charge in [0.25, 0.3) is 5.56 Å². The topological polar surface area (TPSA) is 63.1 Å². The molecule has 5 heteroatoms. The van der Waals surface area contributed by atoms with Crippen molar-refractivity contribution < 1.29 is 4.79 Å². The fourth-order valence-corrected chi connectivity index (χ4v) is 4.36. The van der Waals surface area contributed by atoms with Gasteiger partial charge in [-0.3, -0.25) is 4.79 Å². The molecular formula is C18H27N3O2. The van der Waals surface area contributed by atoms with Crippen LogP contribution in [-0.2, 0) is 6.54 Å². The molecule has 2 fully saturated rings. The van der Waals surface area contributed by atoms with E-state index < -0.39 is 0 Å². The lowest BCUT2D eigenvalue weighted by Gasteiger charge is -2.39. The lowest BCUT2D eigenvalue weighted by molar-refractivity contribution is 0.150. The van der Waals surface area contributed by atoms with Gasteiger partial charge in [0.2, 0.25) is 0 Å². The van der Waals surface area contributed by atoms with E-state index in [1.54, 1.807) is 16.8 Å². The number of rotatable bonds is 4. The summed E-state index contributed by atoms with van der Waals surface area (Å²) in [5.41, 5.74) is 0.318. The van der Waals surface area contributed by atoms with Crippen molar-refractivity contribution in [3.05, 3.63) is 34.7 Å². The van der Waals surface area contributed by atoms with E-state index in [0.29, 0.717) is 24.5 Å². The van der Waals surface area contributed by atoms with Crippen LogP contribution < -0.4 is 16.2 Å². The normalized spacial score (nSPS) is 22.9. The van der Waals surface area contributed by atoms with E-state index in [0.717, 1.165) is 6.42 Å². The van der Waals surface area contributed by atoms with E-state index in [1.165, 1.54) is 51.0 Å². The van der Waals surface area contributed by atoms with Crippen LogP contribution in [0.4, 0.5) is 4.79 Å². The molecule has 5 nitrogen and oxygen atoms in total. The summed E-state index contributed by atoms with van der Waals surface area (Å²) in [6, 6.07) is 5.31. The Morgan fingerprint density at radius 3 is 2.74 bits per heavy atom. The molecule has 2 aliphatic carbocycles. The Labute approximate surface area is 137 Å². The summed E-state index contributed by atoms with van der Waals surface area (Å²) in [5, 5.41) is 6.10. The predicted octanol–water partition coefficient (Wildman–Crippen LogP) is 2.65. The molecular weight excluding hydrogens is 290 g/mol. The molecule has 2 N–H and O–H groups in total. The van der Waals surface area contributed by atoms with Crippen molar-refractivity contribution in [3.63, 3.8) is 0 Å². The molecule has 0 radical (unpaired) electrons. The van der Waals surface area contributed by atoms with Crippen LogP contribution >= 0.6 is 0 Å². The summed E-state index contributed by atoms with van der Waals surface area (Å²) < 4.78 is 1.61. The van der Waals surface area contributed by atoms with Crippen LogP contribution in [0.2, 0.25) is 0 Å². The summed E-state index contributed by atoms with van der Waals surface area (Å²) in [5.74, 6) is 0. The van der Waals surface area contributed by atoms with Crippen LogP contribution in [-0.4, -0.2) is 23.2 Å². The number of amides is 2. The molecule has 1 aromatic heterocycles. The first-order valence-corrected chi connectivity index (χ1v) is 8.89. The highest BCUT2D eigenvalue weighted by Crippen LogP contribution is 2.48. The molecule has 3 rings (SSSR count). The molecule has 23 heavy (non-hydrogen) atoms. The standard InChI is InChI=1S/C18H27N3O2/c22-16-8-2-5-13-21(16)14-12-19-17(23)20-15-7-6-11-18(15)9-3-1-4-10-18/h2,5,8,13,15H,1,3-4,6-7,9-12,14H2,(H2,19,20,23)/t15-/m0/s1. The van der Waals surface area contributed by atoms with Gasteiger partial charge in [0.05, 0.1) is 0 Å². The minimum absolute atomic E-state index is 0.0355. The largest absolute Gasteiger partial charge is 0.336 e. The van der Waals surface area contributed by atoms with Gasteiger partial charge in [-0.2, -0.15) is 0 Å². The quantitative estimate of drug-likeness (QED) is 0.897. The van der Waals surface area contributed by atoms with Crippen molar-refractivity contribution in [2.24, 2.45) is 5.41 Å². The first-order valence-electron chi connectivity index (χ1n) is 8.89. The molecule has 0 aromatic carbocycles. The van der Waals surface area contributed by atoms with E-state index in [-0.39, 0.29) is 11.6 Å². The van der Waals surface area contributed by atoms with Crippen molar-refractivity contribution in [3.8, 4) is 0 Å². The Morgan fingerprint density at radius 1 is 1.17 bits per heavy atom. The Balaban J connectivity index is 1.47. The second kappa shape index (κ2) is 7.20. The highest BCUT2D eigenvalue weighted by molar-refractivity contribution is 5.74. The molecule has 0 bridgehead atoms. The van der Waals surface area contributed by atoms with Crippen LogP contribution in [0.1, 0.15) is 51.4 Å². The summed E-state index contributed by atoms with van der Waals surface area (Å²) in [4.78, 5) is 23.8. The number of carbonyl (C=O) groups is 1. The van der Waals surface area contributed by atoms with Gasteiger partial charge in [0.1, 0.15) is 0 Å². The van der Waals surface area contributed by atoms with E-state index in [9.17, 15) is 9.59 Å². The Hall–Kier alpha value is -1.78. The molecule has 126 valence electrons. The maximum absolute atomic E-state index is 12.2. The zero-order chi connectivity index (χ0) is 16.1. The van der Waals surface area contributed by atoms with Crippen molar-refractivity contribution in [2.75, 3.05) is 6.54 Å². The number of pyridine rings is 1. The van der Waals surface area contributed by atoms with Gasteiger partial charge in [0.15, 0.2) is 0 Å². The van der Waals surface area contributed by atoms with Crippen molar-refractivity contribution in [1.29, 1.82) is 0 Å². The maximum Gasteiger partial charge on any atom is 0.315 e. The molecule has 2 saturated carbocycles. The summed E-state index contributed by atoms with van der Waals surface area (Å²) in [7, 11) is 0. The molecule has 0 saturated heterocycles. The predicted molar refractivity (Wildman–Crippen MR) is 90.4 cm³/mol. The molecule has 1 atom stereocenters. The third kappa shape index (κ3) is 3.77. The van der Waals surface area contributed by atoms with Crippen LogP contribution in [0, 0.1) is 5.41 Å². The fraction of sp³-hybridized carbons (Fsp3) is 0.667. The highest BCUT2D eigenvalue weighted by atomic mass is 16.2. The van der Waals surface area contributed by atoms with Crippen molar-refractivity contribution in [1.82, 2.24) is 15.2 Å². The van der Waals surface area contributed by atoms with E-state index in [2.05, 4.69) is 10.6 Å². The second-order valence-corrected chi connectivity index (χ2v) is 7.00. The number of hydrogen-bond acceptors (Lipinski definition) is 2. The SMILES string of the molecule is O=C(NCCn1ccccc1=O)N[C@H]1CCCC12CCCCC2. The van der Waals surface area contributed by atoms with Gasteiger partial charge in [-0.1, -0.05) is 31.7 Å². The summed E-state index contributed by atoms with van der Waals surface area (Å²) in [6.45, 7) is 0.971. The minimum Gasteiger partial charge on any atom is -0.336 e. The third-order valence-electron chi connectivity index (χ3n) is 5.60. The van der Waals surface area contributed by atoms with Gasteiger partial charge in [-0.05, 0) is 37.2 Å². The molecule has 1 aromatic rings. The number of urea groups is 1. The van der Waals surface area contributed by atoms with Gasteiger partial charge < -0.3 is 15.2 Å². The van der Waals surface area contributed by atoms with Gasteiger partial charge in [0, 0.05) is 31.4 Å². The number of carbonyl (C=O) groups excluding carboxylic acids is 1. The number of aromatic nitrogens is 1. The Bertz CT molecular complexity index is 590. The number of hydrogen-bond donors (Lipinski definition) is 2. The first kappa shape index (κ1) is 16.1. The highest BCUT2D eigenvalue weighted by Gasteiger charge is 2.43. The molecule has 1 spiro atoms. The molecule has 2 amide bonds. The molecule has 0 aliphatic heterocycles. The van der Waals surface area contributed by atoms with E-state index in [1.807, 2.05) is 6.07 Å². The zero-order valence-electron chi connectivity index (χ0n) is 13.7. The fourth-order valence-electron chi connectivity index (χ4n) is 4.36. The zero-order valence-corrected chi connectivity index (χ0v) is 13.7. The first-order chi connectivity index (χ1) is 11.2. The minimum atomic E-state index is -0.0918. The summed E-state index contributed by atoms with van der Waals surface area (Å²) >= 11 is 0. The second-order valence-electron chi connectivity index (χ2n) is 7.00. The van der Waals surface area contributed by atoms with Crippen molar-refractivity contribution in [2.45, 2.75) is 64.0 Å². The maximum atomic E-state index is 12.2. The molecule has 1 heterocycles. The van der Waals surface area contributed by atoms with Crippen LogP contribution in [0.3, 0.4) is 0 Å². The average molecular weight is 317 g/mol. The smallest absolute Gasteiger partial charge is 0.315 e. The lowest BCUT2D eigenvalue weighted by atomic mass is 9.70. The Morgan fingerprint density at radius 2 is 1.96 bits per heavy atom.